The lowest BCUT2D eigenvalue weighted by atomic mass is 10.0. The average molecular weight is 310 g/mol. The Morgan fingerprint density at radius 2 is 1.96 bits per heavy atom. The Labute approximate surface area is 134 Å². The van der Waals surface area contributed by atoms with Crippen LogP contribution in [0.5, 0.6) is 0 Å². The van der Waals surface area contributed by atoms with Gasteiger partial charge in [-0.05, 0) is 31.5 Å². The predicted molar refractivity (Wildman–Crippen MR) is 84.8 cm³/mol. The first-order valence-electron chi connectivity index (χ1n) is 7.44. The summed E-state index contributed by atoms with van der Waals surface area (Å²) in [4.78, 5) is 12.5. The largest absolute Gasteiger partial charge is 0.467 e. The summed E-state index contributed by atoms with van der Waals surface area (Å²) >= 11 is 0. The standard InChI is InChI=1S/C18H18N2O3/c1-12-15(13(2)23-20-12)11-17(21)19-18(16-9-6-10-22-16)14-7-4-3-5-8-14/h3-10,18H,11H2,1-2H3,(H,19,21)/t18-/m1/s1. The molecule has 0 spiro atoms. The molecule has 3 aromatic rings. The molecule has 5 nitrogen and oxygen atoms in total. The van der Waals surface area contributed by atoms with Gasteiger partial charge in [-0.15, -0.1) is 0 Å². The molecule has 3 rings (SSSR count). The molecule has 0 fully saturated rings. The van der Waals surface area contributed by atoms with Crippen LogP contribution in [0.25, 0.3) is 0 Å². The van der Waals surface area contributed by atoms with E-state index in [0.29, 0.717) is 11.5 Å². The van der Waals surface area contributed by atoms with Gasteiger partial charge >= 0.3 is 0 Å². The van der Waals surface area contributed by atoms with E-state index in [4.69, 9.17) is 8.94 Å². The van der Waals surface area contributed by atoms with Crippen LogP contribution in [0.2, 0.25) is 0 Å². The molecule has 0 radical (unpaired) electrons. The van der Waals surface area contributed by atoms with Crippen molar-refractivity contribution in [3.05, 3.63) is 77.1 Å². The number of aryl methyl sites for hydroxylation is 2. The highest BCUT2D eigenvalue weighted by atomic mass is 16.5. The van der Waals surface area contributed by atoms with Gasteiger partial charge < -0.3 is 14.3 Å². The van der Waals surface area contributed by atoms with Crippen LogP contribution in [0.4, 0.5) is 0 Å². The molecule has 1 N–H and O–H groups in total. The fraction of sp³-hybridized carbons (Fsp3) is 0.222. The number of hydrogen-bond donors (Lipinski definition) is 1. The minimum Gasteiger partial charge on any atom is -0.467 e. The van der Waals surface area contributed by atoms with Gasteiger partial charge in [0.25, 0.3) is 0 Å². The molecule has 5 heteroatoms. The maximum atomic E-state index is 12.5. The topological polar surface area (TPSA) is 68.3 Å². The summed E-state index contributed by atoms with van der Waals surface area (Å²) in [5.41, 5.74) is 2.54. The van der Waals surface area contributed by atoms with Crippen LogP contribution in [-0.4, -0.2) is 11.1 Å². The summed E-state index contributed by atoms with van der Waals surface area (Å²) in [7, 11) is 0. The lowest BCUT2D eigenvalue weighted by Crippen LogP contribution is -2.30. The van der Waals surface area contributed by atoms with Crippen LogP contribution in [0.3, 0.4) is 0 Å². The molecule has 0 saturated heterocycles. The summed E-state index contributed by atoms with van der Waals surface area (Å²) in [6.45, 7) is 3.64. The van der Waals surface area contributed by atoms with Crippen LogP contribution >= 0.6 is 0 Å². The molecule has 1 aromatic carbocycles. The average Bonchev–Trinajstić information content (AvgIpc) is 3.19. The molecule has 118 valence electrons. The van der Waals surface area contributed by atoms with Crippen LogP contribution < -0.4 is 5.32 Å². The third kappa shape index (κ3) is 3.34. The van der Waals surface area contributed by atoms with Crippen molar-refractivity contribution in [1.29, 1.82) is 0 Å². The number of hydrogen-bond acceptors (Lipinski definition) is 4. The van der Waals surface area contributed by atoms with Crippen molar-refractivity contribution in [3.63, 3.8) is 0 Å². The van der Waals surface area contributed by atoms with Crippen LogP contribution in [0, 0.1) is 13.8 Å². The van der Waals surface area contributed by atoms with E-state index in [1.54, 1.807) is 6.26 Å². The van der Waals surface area contributed by atoms with Crippen LogP contribution in [-0.2, 0) is 11.2 Å². The zero-order valence-electron chi connectivity index (χ0n) is 13.1. The minimum absolute atomic E-state index is 0.107. The minimum atomic E-state index is -0.320. The van der Waals surface area contributed by atoms with Crippen molar-refractivity contribution in [3.8, 4) is 0 Å². The van der Waals surface area contributed by atoms with E-state index in [1.165, 1.54) is 0 Å². The molecular weight excluding hydrogens is 292 g/mol. The molecule has 23 heavy (non-hydrogen) atoms. The van der Waals surface area contributed by atoms with E-state index in [0.717, 1.165) is 16.8 Å². The highest BCUT2D eigenvalue weighted by molar-refractivity contribution is 5.79. The number of aromatic nitrogens is 1. The first-order valence-corrected chi connectivity index (χ1v) is 7.44. The Kier molecular flexibility index (Phi) is 4.28. The molecule has 0 aliphatic carbocycles. The normalized spacial score (nSPS) is 12.1. The van der Waals surface area contributed by atoms with E-state index < -0.39 is 0 Å². The molecule has 0 saturated carbocycles. The Bertz CT molecular complexity index is 756. The van der Waals surface area contributed by atoms with Crippen molar-refractivity contribution in [2.24, 2.45) is 0 Å². The molecule has 0 bridgehead atoms. The van der Waals surface area contributed by atoms with Crippen LogP contribution in [0.1, 0.15) is 34.4 Å². The summed E-state index contributed by atoms with van der Waals surface area (Å²) in [6.07, 6.45) is 1.83. The van der Waals surface area contributed by atoms with E-state index in [9.17, 15) is 4.79 Å². The summed E-state index contributed by atoms with van der Waals surface area (Å²) in [5.74, 6) is 1.26. The third-order valence-electron chi connectivity index (χ3n) is 3.78. The summed E-state index contributed by atoms with van der Waals surface area (Å²) in [6, 6.07) is 13.1. The molecule has 0 unspecified atom stereocenters. The van der Waals surface area contributed by atoms with Crippen molar-refractivity contribution >= 4 is 5.91 Å². The molecule has 0 aliphatic rings. The van der Waals surface area contributed by atoms with E-state index in [-0.39, 0.29) is 18.4 Å². The van der Waals surface area contributed by atoms with Crippen molar-refractivity contribution < 1.29 is 13.7 Å². The van der Waals surface area contributed by atoms with Gasteiger partial charge in [-0.3, -0.25) is 4.79 Å². The number of furan rings is 1. The second kappa shape index (κ2) is 6.52. The number of amides is 1. The van der Waals surface area contributed by atoms with E-state index >= 15 is 0 Å². The SMILES string of the molecule is Cc1noc(C)c1CC(=O)N[C@H](c1ccccc1)c1ccco1. The highest BCUT2D eigenvalue weighted by Crippen LogP contribution is 2.23. The lowest BCUT2D eigenvalue weighted by molar-refractivity contribution is -0.121. The zero-order chi connectivity index (χ0) is 16.2. The number of carbonyl (C=O) groups is 1. The van der Waals surface area contributed by atoms with Gasteiger partial charge in [-0.1, -0.05) is 35.5 Å². The van der Waals surface area contributed by atoms with Gasteiger partial charge in [0.1, 0.15) is 17.6 Å². The highest BCUT2D eigenvalue weighted by Gasteiger charge is 2.21. The Hall–Kier alpha value is -2.82. The quantitative estimate of drug-likeness (QED) is 0.785. The van der Waals surface area contributed by atoms with Gasteiger partial charge in [-0.2, -0.15) is 0 Å². The van der Waals surface area contributed by atoms with Gasteiger partial charge in [0.2, 0.25) is 5.91 Å². The fourth-order valence-electron chi connectivity index (χ4n) is 2.55. The monoisotopic (exact) mass is 310 g/mol. The Morgan fingerprint density at radius 1 is 1.17 bits per heavy atom. The second-order valence-electron chi connectivity index (χ2n) is 5.41. The number of rotatable bonds is 5. The first kappa shape index (κ1) is 15.1. The maximum absolute atomic E-state index is 12.5. The van der Waals surface area contributed by atoms with E-state index in [1.807, 2.05) is 56.3 Å². The first-order chi connectivity index (χ1) is 11.1. The van der Waals surface area contributed by atoms with Crippen molar-refractivity contribution in [2.75, 3.05) is 0 Å². The maximum Gasteiger partial charge on any atom is 0.225 e. The fourth-order valence-corrected chi connectivity index (χ4v) is 2.55. The van der Waals surface area contributed by atoms with Gasteiger partial charge in [-0.25, -0.2) is 0 Å². The van der Waals surface area contributed by atoms with Gasteiger partial charge in [0, 0.05) is 5.56 Å². The second-order valence-corrected chi connectivity index (χ2v) is 5.41. The Morgan fingerprint density at radius 3 is 2.57 bits per heavy atom. The third-order valence-corrected chi connectivity index (χ3v) is 3.78. The lowest BCUT2D eigenvalue weighted by Gasteiger charge is -2.17. The number of carbonyl (C=O) groups excluding carboxylic acids is 1. The molecule has 0 aliphatic heterocycles. The van der Waals surface area contributed by atoms with Crippen LogP contribution in [0.15, 0.2) is 57.7 Å². The number of nitrogens with one attached hydrogen (secondary N) is 1. The number of nitrogens with zero attached hydrogens (tertiary/aromatic N) is 1. The van der Waals surface area contributed by atoms with Gasteiger partial charge in [0.15, 0.2) is 0 Å². The predicted octanol–water partition coefficient (Wildman–Crippen LogP) is 3.33. The zero-order valence-corrected chi connectivity index (χ0v) is 13.1. The summed E-state index contributed by atoms with van der Waals surface area (Å²) < 4.78 is 10.6. The molecular formula is C18H18N2O3. The molecule has 1 amide bonds. The number of benzene rings is 1. The smallest absolute Gasteiger partial charge is 0.225 e. The Balaban J connectivity index is 1.80. The summed E-state index contributed by atoms with van der Waals surface area (Å²) in [5, 5.41) is 6.91. The van der Waals surface area contributed by atoms with Crippen molar-refractivity contribution in [1.82, 2.24) is 10.5 Å². The van der Waals surface area contributed by atoms with Gasteiger partial charge in [0.05, 0.1) is 18.4 Å². The molecule has 2 heterocycles. The molecule has 2 aromatic heterocycles. The molecule has 1 atom stereocenters. The van der Waals surface area contributed by atoms with E-state index in [2.05, 4.69) is 10.5 Å². The van der Waals surface area contributed by atoms with Crippen molar-refractivity contribution in [2.45, 2.75) is 26.3 Å².